The lowest BCUT2D eigenvalue weighted by atomic mass is 9.93. The number of nitrogens with one attached hydrogen (secondary N) is 1. The molecule has 196 valence electrons. The summed E-state index contributed by atoms with van der Waals surface area (Å²) in [5.41, 5.74) is -0.112. The molecule has 0 aliphatic heterocycles. The first kappa shape index (κ1) is 27.4. The predicted molar refractivity (Wildman–Crippen MR) is 137 cm³/mol. The van der Waals surface area contributed by atoms with Gasteiger partial charge in [0.25, 0.3) is 0 Å². The number of hydrogen-bond acceptors (Lipinski definition) is 4. The molecule has 6 nitrogen and oxygen atoms in total. The summed E-state index contributed by atoms with van der Waals surface area (Å²) in [6.45, 7) is 7.95. The topological polar surface area (TPSA) is 78.9 Å². The van der Waals surface area contributed by atoms with E-state index in [2.05, 4.69) is 24.1 Å². The van der Waals surface area contributed by atoms with E-state index >= 15 is 0 Å². The number of carboxylic acid groups (broad SMARTS) is 1. The number of carbonyl (C=O) groups is 2. The van der Waals surface area contributed by atoms with Gasteiger partial charge in [0.1, 0.15) is 17.4 Å². The number of benzene rings is 2. The fourth-order valence-corrected chi connectivity index (χ4v) is 4.53. The van der Waals surface area contributed by atoms with Crippen molar-refractivity contribution >= 4 is 23.3 Å². The van der Waals surface area contributed by atoms with Crippen LogP contribution in [0.2, 0.25) is 0 Å². The first-order valence-electron chi connectivity index (χ1n) is 12.5. The average Bonchev–Trinajstić information content (AvgIpc) is 2.80. The quantitative estimate of drug-likeness (QED) is 0.405. The maximum Gasteiger partial charge on any atom is 0.347 e. The van der Waals surface area contributed by atoms with E-state index in [0.717, 1.165) is 50.0 Å². The number of anilines is 2. The molecule has 2 aromatic rings. The molecule has 0 aromatic heterocycles. The monoisotopic (exact) mass is 502 g/mol. The Bertz CT molecular complexity index is 1080. The molecule has 0 bridgehead atoms. The van der Waals surface area contributed by atoms with Crippen molar-refractivity contribution in [3.8, 4) is 5.75 Å². The Morgan fingerprint density at radius 1 is 1.11 bits per heavy atom. The fourth-order valence-electron chi connectivity index (χ4n) is 4.53. The normalized spacial score (nSPS) is 14.5. The zero-order valence-electron chi connectivity index (χ0n) is 21.4. The molecule has 2 aromatic carbocycles. The van der Waals surface area contributed by atoms with Crippen LogP contribution < -0.4 is 15.0 Å². The highest BCUT2D eigenvalue weighted by atomic mass is 19.1. The second-order valence-corrected chi connectivity index (χ2v) is 10.4. The number of nitrogens with zero attached hydrogens (tertiary/aromatic N) is 1. The Hall–Kier alpha value is -3.16. The van der Waals surface area contributed by atoms with Crippen LogP contribution in [0.3, 0.4) is 0 Å². The highest BCUT2D eigenvalue weighted by Crippen LogP contribution is 2.36. The zero-order valence-corrected chi connectivity index (χ0v) is 21.4. The minimum Gasteiger partial charge on any atom is -0.478 e. The maximum absolute atomic E-state index is 14.2. The van der Waals surface area contributed by atoms with Crippen molar-refractivity contribution in [2.24, 2.45) is 5.92 Å². The maximum atomic E-state index is 14.2. The summed E-state index contributed by atoms with van der Waals surface area (Å²) in [6.07, 6.45) is 5.30. The Balaban J connectivity index is 1.96. The summed E-state index contributed by atoms with van der Waals surface area (Å²) >= 11 is 0. The number of amides is 1. The first-order valence-corrected chi connectivity index (χ1v) is 12.5. The summed E-state index contributed by atoms with van der Waals surface area (Å²) in [4.78, 5) is 26.9. The Kier molecular flexibility index (Phi) is 8.93. The van der Waals surface area contributed by atoms with E-state index in [0.29, 0.717) is 23.4 Å². The molecule has 36 heavy (non-hydrogen) atoms. The largest absolute Gasteiger partial charge is 0.478 e. The van der Waals surface area contributed by atoms with Crippen LogP contribution in [0.1, 0.15) is 65.4 Å². The van der Waals surface area contributed by atoms with Gasteiger partial charge in [0.2, 0.25) is 5.91 Å². The van der Waals surface area contributed by atoms with Gasteiger partial charge >= 0.3 is 5.97 Å². The summed E-state index contributed by atoms with van der Waals surface area (Å²) in [5.74, 6) is -2.42. The van der Waals surface area contributed by atoms with E-state index in [1.54, 1.807) is 12.1 Å². The predicted octanol–water partition coefficient (Wildman–Crippen LogP) is 6.18. The SMILES string of the molecule is CC(C)CN(c1ccc(OC(C)(C)C(=O)O)cc1NC(=O)Cc1ccc(F)cc1F)C1CCCCC1. The number of carboxylic acids is 1. The van der Waals surface area contributed by atoms with Gasteiger partial charge in [0.15, 0.2) is 5.60 Å². The van der Waals surface area contributed by atoms with Gasteiger partial charge in [0, 0.05) is 24.7 Å². The summed E-state index contributed by atoms with van der Waals surface area (Å²) in [7, 11) is 0. The molecular formula is C28H36F2N2O4. The van der Waals surface area contributed by atoms with Gasteiger partial charge in [-0.1, -0.05) is 39.2 Å². The fraction of sp³-hybridized carbons (Fsp3) is 0.500. The Morgan fingerprint density at radius 2 is 1.81 bits per heavy atom. The smallest absolute Gasteiger partial charge is 0.347 e. The van der Waals surface area contributed by atoms with E-state index in [1.807, 2.05) is 6.07 Å². The molecule has 0 unspecified atom stereocenters. The van der Waals surface area contributed by atoms with E-state index in [-0.39, 0.29) is 12.0 Å². The van der Waals surface area contributed by atoms with Gasteiger partial charge in [-0.3, -0.25) is 4.79 Å². The number of rotatable bonds is 10. The molecule has 1 saturated carbocycles. The van der Waals surface area contributed by atoms with Crippen molar-refractivity contribution in [2.75, 3.05) is 16.8 Å². The van der Waals surface area contributed by atoms with Crippen LogP contribution >= 0.6 is 0 Å². The number of halogens is 2. The first-order chi connectivity index (χ1) is 17.0. The average molecular weight is 503 g/mol. The number of hydrogen-bond donors (Lipinski definition) is 2. The molecule has 0 radical (unpaired) electrons. The van der Waals surface area contributed by atoms with Crippen molar-refractivity contribution in [1.82, 2.24) is 0 Å². The highest BCUT2D eigenvalue weighted by Gasteiger charge is 2.30. The van der Waals surface area contributed by atoms with Gasteiger partial charge in [-0.05, 0) is 56.4 Å². The minimum atomic E-state index is -1.47. The van der Waals surface area contributed by atoms with Crippen LogP contribution in [0.25, 0.3) is 0 Å². The molecule has 1 aliphatic rings. The molecule has 1 fully saturated rings. The molecule has 2 N–H and O–H groups in total. The van der Waals surface area contributed by atoms with Gasteiger partial charge in [-0.2, -0.15) is 0 Å². The second-order valence-electron chi connectivity index (χ2n) is 10.4. The molecule has 0 saturated heterocycles. The third kappa shape index (κ3) is 7.18. The van der Waals surface area contributed by atoms with Crippen LogP contribution in [0.15, 0.2) is 36.4 Å². The summed E-state index contributed by atoms with van der Waals surface area (Å²) in [5, 5.41) is 12.4. The molecule has 1 aliphatic carbocycles. The second kappa shape index (κ2) is 11.7. The van der Waals surface area contributed by atoms with Crippen LogP contribution in [0.4, 0.5) is 20.2 Å². The lowest BCUT2D eigenvalue weighted by molar-refractivity contribution is -0.152. The van der Waals surface area contributed by atoms with Gasteiger partial charge < -0.3 is 20.1 Å². The van der Waals surface area contributed by atoms with Crippen molar-refractivity contribution in [3.63, 3.8) is 0 Å². The Morgan fingerprint density at radius 3 is 2.42 bits per heavy atom. The summed E-state index contributed by atoms with van der Waals surface area (Å²) < 4.78 is 33.2. The molecular weight excluding hydrogens is 466 g/mol. The van der Waals surface area contributed by atoms with E-state index in [1.165, 1.54) is 26.3 Å². The van der Waals surface area contributed by atoms with Gasteiger partial charge in [0.05, 0.1) is 17.8 Å². The van der Waals surface area contributed by atoms with E-state index in [4.69, 9.17) is 4.74 Å². The van der Waals surface area contributed by atoms with Gasteiger partial charge in [-0.15, -0.1) is 0 Å². The van der Waals surface area contributed by atoms with Gasteiger partial charge in [-0.25, -0.2) is 13.6 Å². The van der Waals surface area contributed by atoms with E-state index in [9.17, 15) is 23.5 Å². The Labute approximate surface area is 211 Å². The molecule has 0 heterocycles. The minimum absolute atomic E-state index is 0.0844. The highest BCUT2D eigenvalue weighted by molar-refractivity contribution is 5.96. The standard InChI is InChI=1S/C28H36F2N2O4/c1-18(2)17-32(21-8-6-5-7-9-21)25-13-12-22(36-28(3,4)27(34)35)16-24(25)31-26(33)14-19-10-11-20(29)15-23(19)30/h10-13,15-16,18,21H,5-9,14,17H2,1-4H3,(H,31,33)(H,34,35). The number of ether oxygens (including phenoxy) is 1. The number of carbonyl (C=O) groups excluding carboxylic acids is 1. The van der Waals surface area contributed by atoms with Crippen molar-refractivity contribution in [2.45, 2.75) is 77.9 Å². The van der Waals surface area contributed by atoms with Crippen LogP contribution in [0, 0.1) is 17.6 Å². The lowest BCUT2D eigenvalue weighted by Crippen LogP contribution is -2.40. The third-order valence-corrected chi connectivity index (χ3v) is 6.38. The molecule has 3 rings (SSSR count). The van der Waals surface area contributed by atoms with Crippen molar-refractivity contribution in [3.05, 3.63) is 53.6 Å². The molecule has 1 amide bonds. The van der Waals surface area contributed by atoms with Crippen LogP contribution in [0.5, 0.6) is 5.75 Å². The lowest BCUT2D eigenvalue weighted by Gasteiger charge is -2.38. The molecule has 0 spiro atoms. The molecule has 0 atom stereocenters. The van der Waals surface area contributed by atoms with Crippen molar-refractivity contribution in [1.29, 1.82) is 0 Å². The van der Waals surface area contributed by atoms with E-state index < -0.39 is 29.1 Å². The van der Waals surface area contributed by atoms with Crippen LogP contribution in [-0.2, 0) is 16.0 Å². The van der Waals surface area contributed by atoms with Crippen LogP contribution in [-0.4, -0.2) is 35.2 Å². The van der Waals surface area contributed by atoms with Crippen molar-refractivity contribution < 1.29 is 28.2 Å². The third-order valence-electron chi connectivity index (χ3n) is 6.38. The summed E-state index contributed by atoms with van der Waals surface area (Å²) in [6, 6.07) is 8.62. The number of aliphatic carboxylic acids is 1. The molecule has 8 heteroatoms. The zero-order chi connectivity index (χ0) is 26.5.